The van der Waals surface area contributed by atoms with E-state index >= 15 is 0 Å². The molecule has 0 radical (unpaired) electrons. The van der Waals surface area contributed by atoms with Crippen molar-refractivity contribution in [3.63, 3.8) is 0 Å². The first kappa shape index (κ1) is 13.9. The molecule has 0 bridgehead atoms. The first-order chi connectivity index (χ1) is 9.60. The number of rotatable bonds is 5. The molecule has 0 aliphatic rings. The highest BCUT2D eigenvalue weighted by atomic mass is 19.1. The van der Waals surface area contributed by atoms with Crippen molar-refractivity contribution in [1.82, 2.24) is 4.98 Å². The number of pyridine rings is 1. The molecule has 0 spiro atoms. The average Bonchev–Trinajstić information content (AvgIpc) is 2.44. The lowest BCUT2D eigenvalue weighted by Gasteiger charge is -2.08. The monoisotopic (exact) mass is 277 g/mol. The Morgan fingerprint density at radius 3 is 2.75 bits per heavy atom. The van der Waals surface area contributed by atoms with Gasteiger partial charge in [-0.15, -0.1) is 0 Å². The van der Waals surface area contributed by atoms with Gasteiger partial charge in [-0.05, 0) is 17.7 Å². The van der Waals surface area contributed by atoms with Crippen LogP contribution in [-0.4, -0.2) is 9.91 Å². The van der Waals surface area contributed by atoms with E-state index in [0.29, 0.717) is 11.1 Å². The van der Waals surface area contributed by atoms with Crippen LogP contribution in [0.5, 0.6) is 5.75 Å². The van der Waals surface area contributed by atoms with Crippen molar-refractivity contribution in [2.45, 2.75) is 13.2 Å². The predicted octanol–water partition coefficient (Wildman–Crippen LogP) is 2.17. The molecule has 20 heavy (non-hydrogen) atoms. The molecule has 0 amide bonds. The number of ether oxygens (including phenoxy) is 1. The van der Waals surface area contributed by atoms with E-state index in [1.165, 1.54) is 24.4 Å². The lowest BCUT2D eigenvalue weighted by Crippen LogP contribution is -2.02. The van der Waals surface area contributed by atoms with Gasteiger partial charge >= 0.3 is 5.69 Å². The molecule has 2 aromatic rings. The van der Waals surface area contributed by atoms with Gasteiger partial charge in [-0.25, -0.2) is 4.39 Å². The SMILES string of the molecule is NCc1ccc([N+](=O)[O-])c(OCc2cncc(F)c2)c1. The van der Waals surface area contributed by atoms with E-state index in [9.17, 15) is 14.5 Å². The van der Waals surface area contributed by atoms with Crippen LogP contribution < -0.4 is 10.5 Å². The largest absolute Gasteiger partial charge is 0.482 e. The molecule has 0 fully saturated rings. The summed E-state index contributed by atoms with van der Waals surface area (Å²) >= 11 is 0. The van der Waals surface area contributed by atoms with Gasteiger partial charge in [0.2, 0.25) is 0 Å². The maximum Gasteiger partial charge on any atom is 0.310 e. The quantitative estimate of drug-likeness (QED) is 0.668. The maximum atomic E-state index is 13.0. The Kier molecular flexibility index (Phi) is 4.21. The fraction of sp³-hybridized carbons (Fsp3) is 0.154. The minimum absolute atomic E-state index is 0.0143. The molecule has 2 N–H and O–H groups in total. The zero-order valence-corrected chi connectivity index (χ0v) is 10.5. The Balaban J connectivity index is 2.21. The number of nitro benzene ring substituents is 1. The second-order valence-corrected chi connectivity index (χ2v) is 4.06. The fourth-order valence-electron chi connectivity index (χ4n) is 1.65. The van der Waals surface area contributed by atoms with Crippen molar-refractivity contribution < 1.29 is 14.1 Å². The van der Waals surface area contributed by atoms with E-state index in [0.717, 1.165) is 6.20 Å². The zero-order valence-electron chi connectivity index (χ0n) is 10.5. The van der Waals surface area contributed by atoms with E-state index in [1.807, 2.05) is 0 Å². The van der Waals surface area contributed by atoms with Crippen LogP contribution in [0.1, 0.15) is 11.1 Å². The number of hydrogen-bond acceptors (Lipinski definition) is 5. The van der Waals surface area contributed by atoms with Gasteiger partial charge in [0.25, 0.3) is 0 Å². The molecule has 0 saturated carbocycles. The zero-order chi connectivity index (χ0) is 14.5. The summed E-state index contributed by atoms with van der Waals surface area (Å²) in [5, 5.41) is 10.9. The standard InChI is InChI=1S/C13H12FN3O3/c14-11-3-10(6-16-7-11)8-20-13-4-9(5-15)1-2-12(13)17(18)19/h1-4,6-7H,5,8,15H2. The summed E-state index contributed by atoms with van der Waals surface area (Å²) in [6, 6.07) is 5.66. The van der Waals surface area contributed by atoms with Crippen molar-refractivity contribution in [3.8, 4) is 5.75 Å². The van der Waals surface area contributed by atoms with E-state index in [4.69, 9.17) is 10.5 Å². The highest BCUT2D eigenvalue weighted by Gasteiger charge is 2.15. The van der Waals surface area contributed by atoms with Gasteiger partial charge in [0.05, 0.1) is 11.1 Å². The number of nitrogens with two attached hydrogens (primary N) is 1. The van der Waals surface area contributed by atoms with Crippen molar-refractivity contribution >= 4 is 5.69 Å². The predicted molar refractivity (Wildman–Crippen MR) is 69.5 cm³/mol. The molecule has 0 atom stereocenters. The number of hydrogen-bond donors (Lipinski definition) is 1. The summed E-state index contributed by atoms with van der Waals surface area (Å²) in [5.74, 6) is -0.390. The van der Waals surface area contributed by atoms with Crippen LogP contribution in [0.15, 0.2) is 36.7 Å². The van der Waals surface area contributed by atoms with Gasteiger partial charge in [-0.2, -0.15) is 0 Å². The highest BCUT2D eigenvalue weighted by molar-refractivity contribution is 5.48. The Hall–Kier alpha value is -2.54. The van der Waals surface area contributed by atoms with Crippen molar-refractivity contribution in [2.75, 3.05) is 0 Å². The molecule has 104 valence electrons. The normalized spacial score (nSPS) is 10.3. The number of nitrogens with zero attached hydrogens (tertiary/aromatic N) is 2. The minimum Gasteiger partial charge on any atom is -0.482 e. The molecule has 0 unspecified atom stereocenters. The third kappa shape index (κ3) is 3.27. The Labute approximate surface area is 114 Å². The smallest absolute Gasteiger partial charge is 0.310 e. The lowest BCUT2D eigenvalue weighted by molar-refractivity contribution is -0.386. The maximum absolute atomic E-state index is 13.0. The van der Waals surface area contributed by atoms with Crippen LogP contribution in [0.4, 0.5) is 10.1 Å². The summed E-state index contributed by atoms with van der Waals surface area (Å²) in [7, 11) is 0. The van der Waals surface area contributed by atoms with E-state index in [1.54, 1.807) is 6.07 Å². The molecular formula is C13H12FN3O3. The summed E-state index contributed by atoms with van der Waals surface area (Å²) in [6.45, 7) is 0.232. The number of benzene rings is 1. The van der Waals surface area contributed by atoms with E-state index < -0.39 is 10.7 Å². The summed E-state index contributed by atoms with van der Waals surface area (Å²) in [5.41, 5.74) is 6.52. The highest BCUT2D eigenvalue weighted by Crippen LogP contribution is 2.28. The topological polar surface area (TPSA) is 91.3 Å². The van der Waals surface area contributed by atoms with Crippen LogP contribution in [0, 0.1) is 15.9 Å². The average molecular weight is 277 g/mol. The fourth-order valence-corrected chi connectivity index (χ4v) is 1.65. The molecule has 0 aliphatic heterocycles. The molecule has 0 aliphatic carbocycles. The summed E-state index contributed by atoms with van der Waals surface area (Å²) in [6.07, 6.45) is 2.50. The van der Waals surface area contributed by atoms with Crippen molar-refractivity contribution in [2.24, 2.45) is 5.73 Å². The summed E-state index contributed by atoms with van der Waals surface area (Å²) < 4.78 is 18.4. The molecular weight excluding hydrogens is 265 g/mol. The van der Waals surface area contributed by atoms with Gasteiger partial charge in [-0.3, -0.25) is 15.1 Å². The first-order valence-corrected chi connectivity index (χ1v) is 5.80. The van der Waals surface area contributed by atoms with Crippen LogP contribution in [0.2, 0.25) is 0 Å². The molecule has 1 heterocycles. The third-order valence-corrected chi connectivity index (χ3v) is 2.61. The molecule has 1 aromatic carbocycles. The summed E-state index contributed by atoms with van der Waals surface area (Å²) in [4.78, 5) is 14.0. The minimum atomic E-state index is -0.542. The van der Waals surface area contributed by atoms with Gasteiger partial charge in [0.15, 0.2) is 5.75 Å². The molecule has 2 rings (SSSR count). The van der Waals surface area contributed by atoms with Crippen LogP contribution >= 0.6 is 0 Å². The second-order valence-electron chi connectivity index (χ2n) is 4.06. The Bertz CT molecular complexity index is 634. The Morgan fingerprint density at radius 1 is 1.30 bits per heavy atom. The lowest BCUT2D eigenvalue weighted by atomic mass is 10.2. The van der Waals surface area contributed by atoms with E-state index in [2.05, 4.69) is 4.98 Å². The first-order valence-electron chi connectivity index (χ1n) is 5.80. The molecule has 0 saturated heterocycles. The van der Waals surface area contributed by atoms with E-state index in [-0.39, 0.29) is 24.6 Å². The number of nitro groups is 1. The Morgan fingerprint density at radius 2 is 2.10 bits per heavy atom. The number of halogens is 1. The molecule has 7 heteroatoms. The van der Waals surface area contributed by atoms with Gasteiger partial charge in [0, 0.05) is 24.4 Å². The number of aromatic nitrogens is 1. The van der Waals surface area contributed by atoms with Crippen LogP contribution in [0.3, 0.4) is 0 Å². The molecule has 6 nitrogen and oxygen atoms in total. The van der Waals surface area contributed by atoms with Crippen molar-refractivity contribution in [1.29, 1.82) is 0 Å². The van der Waals surface area contributed by atoms with Gasteiger partial charge < -0.3 is 10.5 Å². The van der Waals surface area contributed by atoms with Crippen LogP contribution in [0.25, 0.3) is 0 Å². The van der Waals surface area contributed by atoms with Crippen LogP contribution in [-0.2, 0) is 13.2 Å². The van der Waals surface area contributed by atoms with Gasteiger partial charge in [-0.1, -0.05) is 6.07 Å². The second kappa shape index (κ2) is 6.07. The van der Waals surface area contributed by atoms with Crippen molar-refractivity contribution in [3.05, 3.63) is 63.7 Å². The third-order valence-electron chi connectivity index (χ3n) is 2.61. The molecule has 1 aromatic heterocycles. The van der Waals surface area contributed by atoms with Gasteiger partial charge in [0.1, 0.15) is 12.4 Å².